The van der Waals surface area contributed by atoms with Crippen molar-refractivity contribution in [3.63, 3.8) is 0 Å². The molecule has 0 spiro atoms. The molecule has 0 saturated carbocycles. The third kappa shape index (κ3) is 6.60. The first-order valence-electron chi connectivity index (χ1n) is 8.81. The average Bonchev–Trinajstić information content (AvgIpc) is 2.61. The van der Waals surface area contributed by atoms with E-state index >= 15 is 0 Å². The third-order valence-electron chi connectivity index (χ3n) is 3.77. The first-order chi connectivity index (χ1) is 12.8. The number of amides is 1. The molecule has 0 atom stereocenters. The Kier molecular flexibility index (Phi) is 7.24. The van der Waals surface area contributed by atoms with Gasteiger partial charge in [-0.3, -0.25) is 9.10 Å². The summed E-state index contributed by atoms with van der Waals surface area (Å²) >= 11 is 0. The van der Waals surface area contributed by atoms with Gasteiger partial charge < -0.3 is 10.1 Å². The zero-order valence-electron chi connectivity index (χ0n) is 15.9. The number of carbonyl (C=O) groups excluding carboxylic acids is 1. The molecule has 2 aromatic carbocycles. The van der Waals surface area contributed by atoms with Gasteiger partial charge in [-0.25, -0.2) is 8.42 Å². The van der Waals surface area contributed by atoms with E-state index in [4.69, 9.17) is 4.74 Å². The summed E-state index contributed by atoms with van der Waals surface area (Å²) in [5.74, 6) is 0.261. The van der Waals surface area contributed by atoms with Crippen molar-refractivity contribution in [3.8, 4) is 5.75 Å². The highest BCUT2D eigenvalue weighted by Crippen LogP contribution is 2.30. The molecule has 1 amide bonds. The van der Waals surface area contributed by atoms with Crippen LogP contribution < -0.4 is 14.4 Å². The first-order valence-corrected chi connectivity index (χ1v) is 10.7. The van der Waals surface area contributed by atoms with Crippen LogP contribution in [-0.2, 0) is 21.4 Å². The summed E-state index contributed by atoms with van der Waals surface area (Å²) in [5, 5.41) is 2.81. The molecule has 0 saturated heterocycles. The molecule has 6 nitrogen and oxygen atoms in total. The van der Waals surface area contributed by atoms with Gasteiger partial charge in [-0.2, -0.15) is 0 Å². The van der Waals surface area contributed by atoms with Gasteiger partial charge in [-0.05, 0) is 31.5 Å². The van der Waals surface area contributed by atoms with Crippen molar-refractivity contribution in [1.82, 2.24) is 5.32 Å². The highest BCUT2D eigenvalue weighted by molar-refractivity contribution is 7.92. The molecule has 2 rings (SSSR count). The third-order valence-corrected chi connectivity index (χ3v) is 4.95. The van der Waals surface area contributed by atoms with Crippen molar-refractivity contribution in [2.45, 2.75) is 32.9 Å². The minimum atomic E-state index is -3.57. The highest BCUT2D eigenvalue weighted by atomic mass is 32.2. The quantitative estimate of drug-likeness (QED) is 0.714. The van der Waals surface area contributed by atoms with Crippen LogP contribution in [0.5, 0.6) is 5.75 Å². The molecular formula is C20H26N2O4S. The van der Waals surface area contributed by atoms with Crippen molar-refractivity contribution < 1.29 is 17.9 Å². The van der Waals surface area contributed by atoms with E-state index in [2.05, 4.69) is 5.32 Å². The van der Waals surface area contributed by atoms with E-state index in [-0.39, 0.29) is 25.0 Å². The van der Waals surface area contributed by atoms with Crippen molar-refractivity contribution in [2.24, 2.45) is 0 Å². The Morgan fingerprint density at radius 3 is 2.33 bits per heavy atom. The number of benzene rings is 2. The van der Waals surface area contributed by atoms with E-state index in [1.165, 1.54) is 4.31 Å². The highest BCUT2D eigenvalue weighted by Gasteiger charge is 2.22. The molecule has 0 aromatic heterocycles. The molecule has 0 aliphatic rings. The number of sulfonamides is 1. The molecule has 7 heteroatoms. The van der Waals surface area contributed by atoms with Crippen LogP contribution in [0.2, 0.25) is 0 Å². The number of hydrogen-bond acceptors (Lipinski definition) is 4. The van der Waals surface area contributed by atoms with Crippen molar-refractivity contribution in [3.05, 3.63) is 60.2 Å². The molecule has 1 N–H and O–H groups in total. The largest absolute Gasteiger partial charge is 0.489 e. The van der Waals surface area contributed by atoms with Gasteiger partial charge in [0.25, 0.3) is 0 Å². The van der Waals surface area contributed by atoms with Gasteiger partial charge in [-0.1, -0.05) is 42.5 Å². The van der Waals surface area contributed by atoms with Crippen molar-refractivity contribution in [1.29, 1.82) is 0 Å². The maximum absolute atomic E-state index is 12.3. The Labute approximate surface area is 161 Å². The lowest BCUT2D eigenvalue weighted by Gasteiger charge is -2.25. The van der Waals surface area contributed by atoms with E-state index < -0.39 is 10.0 Å². The Balaban J connectivity index is 2.07. The summed E-state index contributed by atoms with van der Waals surface area (Å²) in [6.07, 6.45) is 1.08. The van der Waals surface area contributed by atoms with Crippen LogP contribution in [0.3, 0.4) is 0 Å². The Hall–Kier alpha value is -2.54. The smallest absolute Gasteiger partial charge is 0.232 e. The molecule has 0 heterocycles. The van der Waals surface area contributed by atoms with E-state index in [1.54, 1.807) is 24.3 Å². The predicted octanol–water partition coefficient (Wildman–Crippen LogP) is 2.95. The number of anilines is 1. The van der Waals surface area contributed by atoms with Crippen LogP contribution in [0.25, 0.3) is 0 Å². The number of para-hydroxylation sites is 2. The molecule has 0 fully saturated rings. The maximum Gasteiger partial charge on any atom is 0.232 e. The van der Waals surface area contributed by atoms with Gasteiger partial charge in [0, 0.05) is 19.5 Å². The topological polar surface area (TPSA) is 75.7 Å². The lowest BCUT2D eigenvalue weighted by molar-refractivity contribution is -0.121. The molecule has 0 bridgehead atoms. The second-order valence-electron chi connectivity index (χ2n) is 6.48. The van der Waals surface area contributed by atoms with Crippen LogP contribution in [0.1, 0.15) is 25.8 Å². The fourth-order valence-corrected chi connectivity index (χ4v) is 3.50. The minimum absolute atomic E-state index is 0.0396. The Morgan fingerprint density at radius 2 is 1.70 bits per heavy atom. The van der Waals surface area contributed by atoms with E-state index in [0.717, 1.165) is 11.8 Å². The van der Waals surface area contributed by atoms with Crippen LogP contribution >= 0.6 is 0 Å². The monoisotopic (exact) mass is 390 g/mol. The van der Waals surface area contributed by atoms with Gasteiger partial charge in [0.1, 0.15) is 5.75 Å². The standard InChI is InChI=1S/C20H26N2O4S/c1-16(2)26-19-12-8-7-11-18(19)22(27(3,24)25)14-13-20(23)21-15-17-9-5-4-6-10-17/h4-12,16H,13-15H2,1-3H3,(H,21,23). The van der Waals surface area contributed by atoms with Crippen LogP contribution in [-0.4, -0.2) is 33.2 Å². The molecule has 0 unspecified atom stereocenters. The van der Waals surface area contributed by atoms with E-state index in [9.17, 15) is 13.2 Å². The first kappa shape index (κ1) is 20.8. The van der Waals surface area contributed by atoms with Gasteiger partial charge in [0.2, 0.25) is 15.9 Å². The maximum atomic E-state index is 12.3. The number of carbonyl (C=O) groups is 1. The fourth-order valence-electron chi connectivity index (χ4n) is 2.57. The number of rotatable bonds is 9. The fraction of sp³-hybridized carbons (Fsp3) is 0.350. The minimum Gasteiger partial charge on any atom is -0.489 e. The lowest BCUT2D eigenvalue weighted by atomic mass is 10.2. The zero-order valence-corrected chi connectivity index (χ0v) is 16.7. The van der Waals surface area contributed by atoms with Crippen LogP contribution in [0.4, 0.5) is 5.69 Å². The Bertz CT molecular complexity index is 851. The second kappa shape index (κ2) is 9.41. The summed E-state index contributed by atoms with van der Waals surface area (Å²) in [7, 11) is -3.57. The summed E-state index contributed by atoms with van der Waals surface area (Å²) < 4.78 is 31.5. The molecule has 0 aliphatic carbocycles. The molecule has 0 radical (unpaired) electrons. The van der Waals surface area contributed by atoms with Gasteiger partial charge >= 0.3 is 0 Å². The number of hydrogen-bond donors (Lipinski definition) is 1. The number of nitrogens with one attached hydrogen (secondary N) is 1. The number of nitrogens with zero attached hydrogens (tertiary/aromatic N) is 1. The van der Waals surface area contributed by atoms with E-state index in [1.807, 2.05) is 44.2 Å². The molecule has 2 aromatic rings. The van der Waals surface area contributed by atoms with Gasteiger partial charge in [0.15, 0.2) is 0 Å². The second-order valence-corrected chi connectivity index (χ2v) is 8.39. The van der Waals surface area contributed by atoms with Crippen molar-refractivity contribution in [2.75, 3.05) is 17.1 Å². The SMILES string of the molecule is CC(C)Oc1ccccc1N(CCC(=O)NCc1ccccc1)S(C)(=O)=O. The summed E-state index contributed by atoms with van der Waals surface area (Å²) in [4.78, 5) is 12.2. The van der Waals surface area contributed by atoms with Gasteiger partial charge in [-0.15, -0.1) is 0 Å². The summed E-state index contributed by atoms with van der Waals surface area (Å²) in [6, 6.07) is 16.5. The normalized spacial score (nSPS) is 11.3. The Morgan fingerprint density at radius 1 is 1.07 bits per heavy atom. The average molecular weight is 391 g/mol. The van der Waals surface area contributed by atoms with Crippen molar-refractivity contribution >= 4 is 21.6 Å². The lowest BCUT2D eigenvalue weighted by Crippen LogP contribution is -2.35. The predicted molar refractivity (Wildman–Crippen MR) is 107 cm³/mol. The summed E-state index contributed by atoms with van der Waals surface area (Å²) in [6.45, 7) is 4.20. The summed E-state index contributed by atoms with van der Waals surface area (Å²) in [5.41, 5.74) is 1.42. The van der Waals surface area contributed by atoms with E-state index in [0.29, 0.717) is 18.0 Å². The molecular weight excluding hydrogens is 364 g/mol. The van der Waals surface area contributed by atoms with Crippen LogP contribution in [0.15, 0.2) is 54.6 Å². The zero-order chi connectivity index (χ0) is 19.9. The molecule has 27 heavy (non-hydrogen) atoms. The number of ether oxygens (including phenoxy) is 1. The molecule has 0 aliphatic heterocycles. The van der Waals surface area contributed by atoms with Gasteiger partial charge in [0.05, 0.1) is 18.0 Å². The van der Waals surface area contributed by atoms with Crippen LogP contribution in [0, 0.1) is 0 Å². The molecule has 146 valence electrons.